The van der Waals surface area contributed by atoms with Crippen LogP contribution in [0.15, 0.2) is 0 Å². The van der Waals surface area contributed by atoms with Gasteiger partial charge in [0.25, 0.3) is 5.91 Å². The van der Waals surface area contributed by atoms with Gasteiger partial charge in [0.15, 0.2) is 5.78 Å². The van der Waals surface area contributed by atoms with Gasteiger partial charge < -0.3 is 20.6 Å². The van der Waals surface area contributed by atoms with Crippen molar-refractivity contribution in [3.63, 3.8) is 0 Å². The zero-order valence-corrected chi connectivity index (χ0v) is 19.1. The Morgan fingerprint density at radius 3 is 2.56 bits per heavy atom. The van der Waals surface area contributed by atoms with Crippen LogP contribution in [0, 0.1) is 11.8 Å². The molecule has 9 nitrogen and oxygen atoms in total. The summed E-state index contributed by atoms with van der Waals surface area (Å²) in [6.07, 6.45) is -2.18. The van der Waals surface area contributed by atoms with Crippen molar-refractivity contribution in [3.05, 3.63) is 0 Å². The van der Waals surface area contributed by atoms with Crippen LogP contribution in [0.2, 0.25) is 0 Å². The maximum absolute atomic E-state index is 13.3. The van der Waals surface area contributed by atoms with Gasteiger partial charge in [-0.3, -0.25) is 23.9 Å². The van der Waals surface area contributed by atoms with E-state index in [1.54, 1.807) is 6.92 Å². The van der Waals surface area contributed by atoms with E-state index in [4.69, 9.17) is 0 Å². The van der Waals surface area contributed by atoms with Crippen LogP contribution in [-0.4, -0.2) is 77.3 Å². The minimum Gasteiger partial charge on any atom is -0.383 e. The van der Waals surface area contributed by atoms with Gasteiger partial charge >= 0.3 is 6.36 Å². The lowest BCUT2D eigenvalue weighted by Gasteiger charge is -2.35. The maximum Gasteiger partial charge on any atom is 0.522 e. The van der Waals surface area contributed by atoms with Gasteiger partial charge in [0, 0.05) is 18.5 Å². The summed E-state index contributed by atoms with van der Waals surface area (Å²) < 4.78 is 41.1. The topological polar surface area (TPSA) is 125 Å². The second-order valence-corrected chi connectivity index (χ2v) is 9.31. The number of likely N-dealkylation sites (tertiary alicyclic amines) is 1. The summed E-state index contributed by atoms with van der Waals surface area (Å²) in [6, 6.07) is -2.53. The second-order valence-electron chi connectivity index (χ2n) is 9.31. The number of carbonyl (C=O) groups excluding carboxylic acids is 4. The van der Waals surface area contributed by atoms with Crippen molar-refractivity contribution >= 4 is 23.5 Å². The van der Waals surface area contributed by atoms with E-state index >= 15 is 0 Å². The molecular formula is C22H32F3N3O6. The SMILES string of the molecule is CCC(O)C(=O)N1[C@H](C(=O)NC(CC2CCNC2=O)C(=O)COC(F)(F)F)C[C@@H]2CCCC[C@@H]21. The molecule has 3 N–H and O–H groups in total. The Morgan fingerprint density at radius 2 is 1.94 bits per heavy atom. The van der Waals surface area contributed by atoms with E-state index in [1.807, 2.05) is 0 Å². The number of hydrogen-bond acceptors (Lipinski definition) is 6. The maximum atomic E-state index is 13.3. The molecule has 0 aromatic carbocycles. The molecular weight excluding hydrogens is 459 g/mol. The number of nitrogens with one attached hydrogen (secondary N) is 2. The van der Waals surface area contributed by atoms with Gasteiger partial charge in [-0.1, -0.05) is 19.8 Å². The van der Waals surface area contributed by atoms with Crippen LogP contribution in [0.1, 0.15) is 58.3 Å². The van der Waals surface area contributed by atoms with Crippen LogP contribution in [0.25, 0.3) is 0 Å². The molecule has 0 aromatic heterocycles. The van der Waals surface area contributed by atoms with E-state index < -0.39 is 54.7 Å². The molecule has 2 heterocycles. The first-order valence-electron chi connectivity index (χ1n) is 11.8. The first-order chi connectivity index (χ1) is 16.0. The highest BCUT2D eigenvalue weighted by Gasteiger charge is 2.49. The van der Waals surface area contributed by atoms with E-state index in [0.717, 1.165) is 19.3 Å². The molecule has 6 atom stereocenters. The Balaban J connectivity index is 1.77. The average Bonchev–Trinajstić information content (AvgIpc) is 3.38. The molecule has 3 amide bonds. The summed E-state index contributed by atoms with van der Waals surface area (Å²) >= 11 is 0. The molecule has 2 aliphatic heterocycles. The number of fused-ring (bicyclic) bond motifs is 1. The van der Waals surface area contributed by atoms with Crippen molar-refractivity contribution < 1.29 is 42.2 Å². The number of amides is 3. The van der Waals surface area contributed by atoms with Gasteiger partial charge in [0.1, 0.15) is 18.8 Å². The van der Waals surface area contributed by atoms with E-state index in [0.29, 0.717) is 25.8 Å². The molecule has 3 fully saturated rings. The van der Waals surface area contributed by atoms with Crippen molar-refractivity contribution in [1.29, 1.82) is 0 Å². The van der Waals surface area contributed by atoms with Crippen molar-refractivity contribution in [1.82, 2.24) is 15.5 Å². The lowest BCUT2D eigenvalue weighted by molar-refractivity contribution is -0.321. The molecule has 0 bridgehead atoms. The summed E-state index contributed by atoms with van der Waals surface area (Å²) in [6.45, 7) is 0.727. The molecule has 2 saturated heterocycles. The molecule has 1 aliphatic carbocycles. The summed E-state index contributed by atoms with van der Waals surface area (Å²) in [7, 11) is 0. The summed E-state index contributed by atoms with van der Waals surface area (Å²) in [4.78, 5) is 52.2. The first-order valence-corrected chi connectivity index (χ1v) is 11.8. The average molecular weight is 492 g/mol. The van der Waals surface area contributed by atoms with Crippen molar-refractivity contribution in [3.8, 4) is 0 Å². The van der Waals surface area contributed by atoms with Crippen LogP contribution >= 0.6 is 0 Å². The normalized spacial score (nSPS) is 28.7. The summed E-state index contributed by atoms with van der Waals surface area (Å²) in [5, 5.41) is 15.3. The van der Waals surface area contributed by atoms with Gasteiger partial charge in [-0.15, -0.1) is 13.2 Å². The third kappa shape index (κ3) is 6.26. The zero-order valence-electron chi connectivity index (χ0n) is 19.1. The fraction of sp³-hybridized carbons (Fsp3) is 0.818. The standard InChI is InChI=1S/C22H32F3N3O6/c1-2-17(29)21(33)28-15-6-4-3-5-12(15)10-16(28)20(32)27-14(9-13-7-8-26-19(13)31)18(30)11-34-22(23,24)25/h12-17,29H,2-11H2,1H3,(H,26,31)(H,27,32)/t12-,13?,14?,15-,16-,17?/m0/s1. The highest BCUT2D eigenvalue weighted by Crippen LogP contribution is 2.40. The molecule has 0 aromatic rings. The third-order valence-electron chi connectivity index (χ3n) is 7.08. The van der Waals surface area contributed by atoms with Gasteiger partial charge in [0.05, 0.1) is 6.04 Å². The molecule has 0 radical (unpaired) electrons. The Kier molecular flexibility index (Phi) is 8.56. The molecule has 12 heteroatoms. The fourth-order valence-electron chi connectivity index (χ4n) is 5.30. The Morgan fingerprint density at radius 1 is 1.24 bits per heavy atom. The van der Waals surface area contributed by atoms with E-state index in [9.17, 15) is 37.5 Å². The quantitative estimate of drug-likeness (QED) is 0.443. The molecule has 34 heavy (non-hydrogen) atoms. The number of nitrogens with zero attached hydrogens (tertiary/aromatic N) is 1. The van der Waals surface area contributed by atoms with Crippen molar-refractivity contribution in [2.75, 3.05) is 13.2 Å². The molecule has 1 saturated carbocycles. The highest BCUT2D eigenvalue weighted by molar-refractivity contribution is 5.95. The van der Waals surface area contributed by atoms with Gasteiger partial charge in [-0.05, 0) is 44.4 Å². The Bertz CT molecular complexity index is 792. The number of carbonyl (C=O) groups is 4. The largest absolute Gasteiger partial charge is 0.522 e. The highest BCUT2D eigenvalue weighted by atomic mass is 19.4. The van der Waals surface area contributed by atoms with Gasteiger partial charge in [-0.25, -0.2) is 0 Å². The van der Waals surface area contributed by atoms with Crippen LogP contribution in [0.3, 0.4) is 0 Å². The molecule has 3 aliphatic rings. The smallest absolute Gasteiger partial charge is 0.383 e. The second kappa shape index (κ2) is 11.0. The number of alkyl halides is 3. The number of Topliss-reactive ketones (excluding diaryl/α,β-unsaturated/α-hetero) is 1. The molecule has 192 valence electrons. The predicted octanol–water partition coefficient (Wildman–Crippen LogP) is 1.03. The number of ether oxygens (including phenoxy) is 1. The lowest BCUT2D eigenvalue weighted by atomic mass is 9.84. The zero-order chi connectivity index (χ0) is 25.0. The third-order valence-corrected chi connectivity index (χ3v) is 7.08. The van der Waals surface area contributed by atoms with Gasteiger partial charge in [0.2, 0.25) is 11.8 Å². The van der Waals surface area contributed by atoms with Crippen LogP contribution in [0.4, 0.5) is 13.2 Å². The summed E-state index contributed by atoms with van der Waals surface area (Å²) in [5.41, 5.74) is 0. The number of ketones is 1. The monoisotopic (exact) mass is 491 g/mol. The number of hydrogen-bond donors (Lipinski definition) is 3. The Labute approximate surface area is 195 Å². The van der Waals surface area contributed by atoms with E-state index in [-0.39, 0.29) is 30.7 Å². The fourth-order valence-corrected chi connectivity index (χ4v) is 5.30. The molecule has 3 rings (SSSR count). The van der Waals surface area contributed by atoms with Crippen LogP contribution in [-0.2, 0) is 23.9 Å². The van der Waals surface area contributed by atoms with E-state index in [1.165, 1.54) is 4.90 Å². The lowest BCUT2D eigenvalue weighted by Crippen LogP contribution is -2.55. The number of halogens is 3. The molecule has 3 unspecified atom stereocenters. The Hall–Kier alpha value is -2.21. The number of rotatable bonds is 9. The minimum atomic E-state index is -5.02. The minimum absolute atomic E-state index is 0.0702. The summed E-state index contributed by atoms with van der Waals surface area (Å²) in [5.74, 6) is -3.14. The van der Waals surface area contributed by atoms with Crippen molar-refractivity contribution in [2.24, 2.45) is 11.8 Å². The van der Waals surface area contributed by atoms with Crippen LogP contribution in [0.5, 0.6) is 0 Å². The molecule has 0 spiro atoms. The number of aliphatic hydroxyl groups excluding tert-OH is 1. The van der Waals surface area contributed by atoms with Crippen molar-refractivity contribution in [2.45, 2.75) is 88.9 Å². The van der Waals surface area contributed by atoms with Gasteiger partial charge in [-0.2, -0.15) is 0 Å². The number of aliphatic hydroxyl groups is 1. The first kappa shape index (κ1) is 26.4. The predicted molar refractivity (Wildman–Crippen MR) is 112 cm³/mol. The van der Waals surface area contributed by atoms with E-state index in [2.05, 4.69) is 15.4 Å². The van der Waals surface area contributed by atoms with Crippen LogP contribution < -0.4 is 10.6 Å².